The Hall–Kier alpha value is -1.40. The minimum atomic E-state index is -0.592. The number of nitrogens with zero attached hydrogens (tertiary/aromatic N) is 2. The van der Waals surface area contributed by atoms with Gasteiger partial charge in [0.15, 0.2) is 0 Å². The maximum atomic E-state index is 8.86. The summed E-state index contributed by atoms with van der Waals surface area (Å²) in [6.07, 6.45) is 0. The van der Waals surface area contributed by atoms with Gasteiger partial charge in [0.25, 0.3) is 0 Å². The lowest BCUT2D eigenvalue weighted by atomic mass is 9.91. The molecule has 68 valence electrons. The van der Waals surface area contributed by atoms with Crippen LogP contribution in [0.2, 0.25) is 0 Å². The second-order valence-electron chi connectivity index (χ2n) is 3.41. The predicted octanol–water partition coefficient (Wildman–Crippen LogP) is 1.38. The third kappa shape index (κ3) is 2.04. The molecule has 0 amide bonds. The molecular formula is C10H12N2O. The van der Waals surface area contributed by atoms with Crippen molar-refractivity contribution in [3.05, 3.63) is 29.6 Å². The summed E-state index contributed by atoms with van der Waals surface area (Å²) in [4.78, 5) is 4.16. The van der Waals surface area contributed by atoms with E-state index in [0.717, 1.165) is 0 Å². The lowest BCUT2D eigenvalue weighted by Gasteiger charge is -2.14. The minimum Gasteiger partial charge on any atom is -0.390 e. The van der Waals surface area contributed by atoms with E-state index in [9.17, 15) is 0 Å². The van der Waals surface area contributed by atoms with Crippen LogP contribution in [0.4, 0.5) is 0 Å². The highest BCUT2D eigenvalue weighted by atomic mass is 16.3. The van der Waals surface area contributed by atoms with E-state index in [4.69, 9.17) is 10.4 Å². The van der Waals surface area contributed by atoms with E-state index >= 15 is 0 Å². The Morgan fingerprint density at radius 3 is 2.77 bits per heavy atom. The Labute approximate surface area is 77.7 Å². The minimum absolute atomic E-state index is 0.0879. The Morgan fingerprint density at radius 1 is 1.54 bits per heavy atom. The van der Waals surface area contributed by atoms with Gasteiger partial charge in [0.1, 0.15) is 0 Å². The van der Waals surface area contributed by atoms with Crippen molar-refractivity contribution in [1.29, 1.82) is 5.26 Å². The van der Waals surface area contributed by atoms with Crippen molar-refractivity contribution in [2.24, 2.45) is 0 Å². The SMILES string of the molecule is CC(C)(C#N)c1cccc(CO)n1. The summed E-state index contributed by atoms with van der Waals surface area (Å²) >= 11 is 0. The maximum Gasteiger partial charge on any atom is 0.0937 e. The average Bonchev–Trinajstić information content (AvgIpc) is 2.18. The molecule has 1 heterocycles. The van der Waals surface area contributed by atoms with Crippen LogP contribution in [0.25, 0.3) is 0 Å². The van der Waals surface area contributed by atoms with E-state index in [2.05, 4.69) is 11.1 Å². The summed E-state index contributed by atoms with van der Waals surface area (Å²) < 4.78 is 0. The molecular weight excluding hydrogens is 164 g/mol. The molecule has 0 unspecified atom stereocenters. The lowest BCUT2D eigenvalue weighted by Crippen LogP contribution is -2.16. The number of aliphatic hydroxyl groups is 1. The van der Waals surface area contributed by atoms with Crippen LogP contribution < -0.4 is 0 Å². The molecule has 1 aromatic heterocycles. The van der Waals surface area contributed by atoms with E-state index in [1.165, 1.54) is 0 Å². The second kappa shape index (κ2) is 3.55. The standard InChI is InChI=1S/C10H12N2O/c1-10(2,7-11)9-5-3-4-8(6-13)12-9/h3-5,13H,6H2,1-2H3. The number of hydrogen-bond donors (Lipinski definition) is 1. The molecule has 3 nitrogen and oxygen atoms in total. The highest BCUT2D eigenvalue weighted by molar-refractivity contribution is 5.24. The predicted molar refractivity (Wildman–Crippen MR) is 48.8 cm³/mol. The van der Waals surface area contributed by atoms with E-state index in [0.29, 0.717) is 11.4 Å². The van der Waals surface area contributed by atoms with Crippen molar-refractivity contribution < 1.29 is 5.11 Å². The zero-order chi connectivity index (χ0) is 9.90. The van der Waals surface area contributed by atoms with Gasteiger partial charge in [0.05, 0.1) is 29.5 Å². The van der Waals surface area contributed by atoms with Gasteiger partial charge >= 0.3 is 0 Å². The van der Waals surface area contributed by atoms with Gasteiger partial charge < -0.3 is 5.11 Å². The van der Waals surface area contributed by atoms with Crippen LogP contribution in [-0.2, 0) is 12.0 Å². The number of aliphatic hydroxyl groups excluding tert-OH is 1. The molecule has 0 aliphatic heterocycles. The molecule has 0 atom stereocenters. The number of pyridine rings is 1. The largest absolute Gasteiger partial charge is 0.390 e. The first kappa shape index (κ1) is 9.69. The van der Waals surface area contributed by atoms with Gasteiger partial charge in [-0.05, 0) is 26.0 Å². The molecule has 1 rings (SSSR count). The highest BCUT2D eigenvalue weighted by Crippen LogP contribution is 2.19. The van der Waals surface area contributed by atoms with Gasteiger partial charge in [-0.2, -0.15) is 5.26 Å². The third-order valence-corrected chi connectivity index (χ3v) is 1.89. The Bertz CT molecular complexity index is 339. The van der Waals surface area contributed by atoms with Crippen molar-refractivity contribution in [1.82, 2.24) is 4.98 Å². The Morgan fingerprint density at radius 2 is 2.23 bits per heavy atom. The summed E-state index contributed by atoms with van der Waals surface area (Å²) in [5, 5.41) is 17.7. The van der Waals surface area contributed by atoms with E-state index in [-0.39, 0.29) is 6.61 Å². The first-order chi connectivity index (χ1) is 6.10. The molecule has 0 aromatic carbocycles. The van der Waals surface area contributed by atoms with Crippen molar-refractivity contribution >= 4 is 0 Å². The van der Waals surface area contributed by atoms with Crippen LogP contribution in [0.15, 0.2) is 18.2 Å². The van der Waals surface area contributed by atoms with E-state index < -0.39 is 5.41 Å². The maximum absolute atomic E-state index is 8.86. The molecule has 3 heteroatoms. The summed E-state index contributed by atoms with van der Waals surface area (Å²) in [5.41, 5.74) is 0.702. The van der Waals surface area contributed by atoms with Gasteiger partial charge in [-0.15, -0.1) is 0 Å². The molecule has 0 radical (unpaired) electrons. The summed E-state index contributed by atoms with van der Waals surface area (Å²) in [7, 11) is 0. The molecule has 0 aliphatic rings. The highest BCUT2D eigenvalue weighted by Gasteiger charge is 2.21. The van der Waals surface area contributed by atoms with Gasteiger partial charge in [-0.1, -0.05) is 6.07 Å². The van der Waals surface area contributed by atoms with Crippen LogP contribution >= 0.6 is 0 Å². The summed E-state index contributed by atoms with van der Waals surface area (Å²) in [6.45, 7) is 3.52. The fraction of sp³-hybridized carbons (Fsp3) is 0.400. The van der Waals surface area contributed by atoms with Gasteiger partial charge in [-0.3, -0.25) is 4.98 Å². The zero-order valence-electron chi connectivity index (χ0n) is 7.78. The van der Waals surface area contributed by atoms with Crippen molar-refractivity contribution in [3.63, 3.8) is 0 Å². The zero-order valence-corrected chi connectivity index (χ0v) is 7.78. The topological polar surface area (TPSA) is 56.9 Å². The molecule has 0 bridgehead atoms. The smallest absolute Gasteiger partial charge is 0.0937 e. The fourth-order valence-electron chi connectivity index (χ4n) is 0.973. The number of aromatic nitrogens is 1. The molecule has 0 spiro atoms. The normalized spacial score (nSPS) is 10.9. The fourth-order valence-corrected chi connectivity index (χ4v) is 0.973. The third-order valence-electron chi connectivity index (χ3n) is 1.89. The molecule has 0 saturated heterocycles. The molecule has 0 fully saturated rings. The average molecular weight is 176 g/mol. The Balaban J connectivity index is 3.10. The monoisotopic (exact) mass is 176 g/mol. The molecule has 1 aromatic rings. The van der Waals surface area contributed by atoms with Crippen LogP contribution in [0.5, 0.6) is 0 Å². The van der Waals surface area contributed by atoms with Crippen molar-refractivity contribution in [3.8, 4) is 6.07 Å². The number of hydrogen-bond acceptors (Lipinski definition) is 3. The quantitative estimate of drug-likeness (QED) is 0.740. The van der Waals surface area contributed by atoms with Crippen LogP contribution in [0.1, 0.15) is 25.2 Å². The van der Waals surface area contributed by atoms with E-state index in [1.54, 1.807) is 32.0 Å². The second-order valence-corrected chi connectivity index (χ2v) is 3.41. The molecule has 0 aliphatic carbocycles. The molecule has 1 N–H and O–H groups in total. The number of rotatable bonds is 2. The van der Waals surface area contributed by atoms with Gasteiger partial charge in [-0.25, -0.2) is 0 Å². The summed E-state index contributed by atoms with van der Waals surface area (Å²) in [5.74, 6) is 0. The van der Waals surface area contributed by atoms with E-state index in [1.807, 2.05) is 0 Å². The van der Waals surface area contributed by atoms with Crippen LogP contribution in [0, 0.1) is 11.3 Å². The first-order valence-electron chi connectivity index (χ1n) is 4.08. The van der Waals surface area contributed by atoms with Crippen molar-refractivity contribution in [2.75, 3.05) is 0 Å². The van der Waals surface area contributed by atoms with Crippen LogP contribution in [0.3, 0.4) is 0 Å². The first-order valence-corrected chi connectivity index (χ1v) is 4.08. The van der Waals surface area contributed by atoms with Gasteiger partial charge in [0, 0.05) is 0 Å². The van der Waals surface area contributed by atoms with Gasteiger partial charge in [0.2, 0.25) is 0 Å². The Kier molecular flexibility index (Phi) is 2.64. The molecule has 13 heavy (non-hydrogen) atoms. The number of nitriles is 1. The lowest BCUT2D eigenvalue weighted by molar-refractivity contribution is 0.276. The molecule has 0 saturated carbocycles. The van der Waals surface area contributed by atoms with Crippen LogP contribution in [-0.4, -0.2) is 10.1 Å². The van der Waals surface area contributed by atoms with Crippen molar-refractivity contribution in [2.45, 2.75) is 25.9 Å². The summed E-state index contributed by atoms with van der Waals surface area (Å²) in [6, 6.07) is 7.49.